The van der Waals surface area contributed by atoms with Crippen LogP contribution in [-0.2, 0) is 13.0 Å². The highest BCUT2D eigenvalue weighted by atomic mass is 32.1. The number of piperidine rings is 1. The summed E-state index contributed by atoms with van der Waals surface area (Å²) >= 11 is 1.84. The van der Waals surface area contributed by atoms with Crippen LogP contribution in [0.3, 0.4) is 0 Å². The Bertz CT molecular complexity index is 292. The lowest BCUT2D eigenvalue weighted by molar-refractivity contribution is 0.399. The number of hydrogen-bond acceptors (Lipinski definition) is 4. The van der Waals surface area contributed by atoms with Gasteiger partial charge in [-0.2, -0.15) is 0 Å². The maximum Gasteiger partial charge on any atom is 0.0943 e. The van der Waals surface area contributed by atoms with E-state index < -0.39 is 0 Å². The smallest absolute Gasteiger partial charge is 0.0943 e. The zero-order chi connectivity index (χ0) is 10.5. The number of rotatable bonds is 4. The lowest BCUT2D eigenvalue weighted by Gasteiger charge is -2.22. The van der Waals surface area contributed by atoms with E-state index in [1.165, 1.54) is 35.7 Å². The fourth-order valence-corrected chi connectivity index (χ4v) is 3.02. The summed E-state index contributed by atoms with van der Waals surface area (Å²) in [6.07, 6.45) is 7.11. The van der Waals surface area contributed by atoms with Crippen LogP contribution < -0.4 is 10.6 Å². The van der Waals surface area contributed by atoms with Crippen molar-refractivity contribution in [1.29, 1.82) is 0 Å². The van der Waals surface area contributed by atoms with Gasteiger partial charge in [0.2, 0.25) is 0 Å². The fraction of sp³-hybridized carbons (Fsp3) is 0.727. The highest BCUT2D eigenvalue weighted by Crippen LogP contribution is 2.17. The van der Waals surface area contributed by atoms with Gasteiger partial charge in [0.1, 0.15) is 0 Å². The van der Waals surface area contributed by atoms with E-state index in [-0.39, 0.29) is 0 Å². The molecule has 2 heterocycles. The van der Waals surface area contributed by atoms with Crippen LogP contribution in [0.2, 0.25) is 0 Å². The highest BCUT2D eigenvalue weighted by Gasteiger charge is 2.14. The van der Waals surface area contributed by atoms with Gasteiger partial charge >= 0.3 is 0 Å². The van der Waals surface area contributed by atoms with Gasteiger partial charge in [0.15, 0.2) is 0 Å². The summed E-state index contributed by atoms with van der Waals surface area (Å²) in [4.78, 5) is 5.80. The van der Waals surface area contributed by atoms with Crippen molar-refractivity contribution in [3.8, 4) is 0 Å². The minimum absolute atomic E-state index is 0.660. The number of nitrogens with zero attached hydrogens (tertiary/aromatic N) is 1. The van der Waals surface area contributed by atoms with Gasteiger partial charge in [0.05, 0.1) is 5.01 Å². The lowest BCUT2D eigenvalue weighted by atomic mass is 10.0. The second kappa shape index (κ2) is 5.58. The SMILES string of the molecule is CNCc1cnc(CC2CCCCN2)s1. The van der Waals surface area contributed by atoms with E-state index in [4.69, 9.17) is 0 Å². The Kier molecular flexibility index (Phi) is 4.11. The quantitative estimate of drug-likeness (QED) is 0.816. The predicted octanol–water partition coefficient (Wildman–Crippen LogP) is 1.55. The van der Waals surface area contributed by atoms with Crippen molar-refractivity contribution < 1.29 is 0 Å². The Hall–Kier alpha value is -0.450. The zero-order valence-corrected chi connectivity index (χ0v) is 10.1. The molecule has 1 aromatic rings. The van der Waals surface area contributed by atoms with Gasteiger partial charge < -0.3 is 10.6 Å². The Labute approximate surface area is 95.3 Å². The second-order valence-corrected chi connectivity index (χ2v) is 5.30. The first-order valence-corrected chi connectivity index (χ1v) is 6.51. The van der Waals surface area contributed by atoms with Gasteiger partial charge in [0.25, 0.3) is 0 Å². The van der Waals surface area contributed by atoms with Crippen LogP contribution >= 0.6 is 11.3 Å². The molecule has 0 aliphatic carbocycles. The van der Waals surface area contributed by atoms with Gasteiger partial charge in [-0.3, -0.25) is 0 Å². The van der Waals surface area contributed by atoms with Gasteiger partial charge in [0, 0.05) is 30.1 Å². The monoisotopic (exact) mass is 225 g/mol. The molecule has 15 heavy (non-hydrogen) atoms. The molecule has 1 atom stereocenters. The molecule has 3 nitrogen and oxygen atoms in total. The highest BCUT2D eigenvalue weighted by molar-refractivity contribution is 7.11. The molecule has 1 aliphatic heterocycles. The van der Waals surface area contributed by atoms with Crippen LogP contribution in [0, 0.1) is 0 Å². The maximum atomic E-state index is 4.47. The molecule has 0 bridgehead atoms. The molecule has 2 N–H and O–H groups in total. The number of hydrogen-bond donors (Lipinski definition) is 2. The third-order valence-electron chi connectivity index (χ3n) is 2.79. The van der Waals surface area contributed by atoms with Gasteiger partial charge in [-0.05, 0) is 26.4 Å². The average Bonchev–Trinajstić information content (AvgIpc) is 2.68. The van der Waals surface area contributed by atoms with E-state index in [0.29, 0.717) is 6.04 Å². The summed E-state index contributed by atoms with van der Waals surface area (Å²) in [5, 5.41) is 7.99. The van der Waals surface area contributed by atoms with Crippen molar-refractivity contribution >= 4 is 11.3 Å². The van der Waals surface area contributed by atoms with E-state index in [0.717, 1.165) is 13.0 Å². The van der Waals surface area contributed by atoms with Crippen molar-refractivity contribution in [2.24, 2.45) is 0 Å². The van der Waals surface area contributed by atoms with Crippen LogP contribution in [0.4, 0.5) is 0 Å². The third-order valence-corrected chi connectivity index (χ3v) is 3.81. The van der Waals surface area contributed by atoms with E-state index in [1.54, 1.807) is 0 Å². The largest absolute Gasteiger partial charge is 0.315 e. The van der Waals surface area contributed by atoms with E-state index in [1.807, 2.05) is 24.6 Å². The van der Waals surface area contributed by atoms with Crippen molar-refractivity contribution in [2.45, 2.75) is 38.3 Å². The van der Waals surface area contributed by atoms with E-state index >= 15 is 0 Å². The van der Waals surface area contributed by atoms with E-state index in [9.17, 15) is 0 Å². The van der Waals surface area contributed by atoms with Gasteiger partial charge in [-0.15, -0.1) is 11.3 Å². The zero-order valence-electron chi connectivity index (χ0n) is 9.25. The molecule has 0 amide bonds. The molecule has 0 spiro atoms. The Morgan fingerprint density at radius 1 is 1.60 bits per heavy atom. The molecule has 1 fully saturated rings. The minimum atomic E-state index is 0.660. The number of nitrogens with one attached hydrogen (secondary N) is 2. The minimum Gasteiger partial charge on any atom is -0.315 e. The maximum absolute atomic E-state index is 4.47. The van der Waals surface area contributed by atoms with Crippen LogP contribution in [0.5, 0.6) is 0 Å². The number of aromatic nitrogens is 1. The summed E-state index contributed by atoms with van der Waals surface area (Å²) in [7, 11) is 1.97. The summed E-state index contributed by atoms with van der Waals surface area (Å²) in [6.45, 7) is 2.12. The third kappa shape index (κ3) is 3.26. The van der Waals surface area contributed by atoms with Crippen LogP contribution in [0.1, 0.15) is 29.1 Å². The van der Waals surface area contributed by atoms with Crippen molar-refractivity contribution in [1.82, 2.24) is 15.6 Å². The first-order valence-electron chi connectivity index (χ1n) is 5.70. The molecular weight excluding hydrogens is 206 g/mol. The van der Waals surface area contributed by atoms with Crippen molar-refractivity contribution in [3.63, 3.8) is 0 Å². The average molecular weight is 225 g/mol. The summed E-state index contributed by atoms with van der Waals surface area (Å²) in [6, 6.07) is 0.660. The summed E-state index contributed by atoms with van der Waals surface area (Å²) in [5.41, 5.74) is 0. The Morgan fingerprint density at radius 2 is 2.53 bits per heavy atom. The summed E-state index contributed by atoms with van der Waals surface area (Å²) < 4.78 is 0. The molecule has 1 aliphatic rings. The molecule has 84 valence electrons. The Morgan fingerprint density at radius 3 is 3.27 bits per heavy atom. The molecule has 1 aromatic heterocycles. The Balaban J connectivity index is 1.86. The predicted molar refractivity (Wildman–Crippen MR) is 64.2 cm³/mol. The topological polar surface area (TPSA) is 37.0 Å². The van der Waals surface area contributed by atoms with Gasteiger partial charge in [-0.25, -0.2) is 4.98 Å². The van der Waals surface area contributed by atoms with Crippen molar-refractivity contribution in [3.05, 3.63) is 16.1 Å². The van der Waals surface area contributed by atoms with Crippen LogP contribution in [0.15, 0.2) is 6.20 Å². The molecule has 0 radical (unpaired) electrons. The fourth-order valence-electron chi connectivity index (χ4n) is 2.01. The lowest BCUT2D eigenvalue weighted by Crippen LogP contribution is -2.35. The molecule has 1 saturated heterocycles. The molecule has 4 heteroatoms. The van der Waals surface area contributed by atoms with Crippen LogP contribution in [0.25, 0.3) is 0 Å². The van der Waals surface area contributed by atoms with Gasteiger partial charge in [-0.1, -0.05) is 6.42 Å². The molecule has 1 unspecified atom stereocenters. The second-order valence-electron chi connectivity index (χ2n) is 4.10. The first-order chi connectivity index (χ1) is 7.38. The van der Waals surface area contributed by atoms with Crippen LogP contribution in [-0.4, -0.2) is 24.6 Å². The molecule has 0 saturated carbocycles. The van der Waals surface area contributed by atoms with Crippen molar-refractivity contribution in [2.75, 3.05) is 13.6 Å². The molecule has 0 aromatic carbocycles. The molecule has 2 rings (SSSR count). The normalized spacial score (nSPS) is 21.8. The molecular formula is C11H19N3S. The number of thiazole rings is 1. The first kappa shape index (κ1) is 11.0. The van der Waals surface area contributed by atoms with E-state index in [2.05, 4.69) is 15.6 Å². The standard InChI is InChI=1S/C11H19N3S/c1-12-7-10-8-14-11(15-10)6-9-4-2-3-5-13-9/h8-9,12-13H,2-7H2,1H3. The summed E-state index contributed by atoms with van der Waals surface area (Å²) in [5.74, 6) is 0.